The lowest BCUT2D eigenvalue weighted by Crippen LogP contribution is -2.33. The highest BCUT2D eigenvalue weighted by atomic mass is 16.2. The van der Waals surface area contributed by atoms with E-state index in [1.165, 1.54) is 11.1 Å². The molecule has 1 saturated heterocycles. The molecule has 3 nitrogen and oxygen atoms in total. The first-order chi connectivity index (χ1) is 7.62. The molecule has 1 aromatic rings. The van der Waals surface area contributed by atoms with Crippen LogP contribution < -0.4 is 5.32 Å². The molecule has 1 spiro atoms. The van der Waals surface area contributed by atoms with Gasteiger partial charge in [0, 0.05) is 6.42 Å². The zero-order chi connectivity index (χ0) is 11.3. The molecule has 16 heavy (non-hydrogen) atoms. The van der Waals surface area contributed by atoms with Crippen molar-refractivity contribution in [3.05, 3.63) is 34.9 Å². The van der Waals surface area contributed by atoms with Crippen molar-refractivity contribution in [1.29, 1.82) is 0 Å². The molecule has 1 fully saturated rings. The average Bonchev–Trinajstić information content (AvgIpc) is 2.70. The van der Waals surface area contributed by atoms with Gasteiger partial charge in [-0.1, -0.05) is 23.8 Å². The van der Waals surface area contributed by atoms with E-state index >= 15 is 0 Å². The molecule has 3 heteroatoms. The second kappa shape index (κ2) is 2.94. The van der Waals surface area contributed by atoms with E-state index in [4.69, 9.17) is 0 Å². The molecule has 1 aromatic carbocycles. The predicted octanol–water partition coefficient (Wildman–Crippen LogP) is 1.23. The third-order valence-corrected chi connectivity index (χ3v) is 3.75. The fourth-order valence-electron chi connectivity index (χ4n) is 2.94. The Bertz CT molecular complexity index is 507. The van der Waals surface area contributed by atoms with Crippen LogP contribution in [0.3, 0.4) is 0 Å². The molecule has 0 aromatic heterocycles. The first-order valence-corrected chi connectivity index (χ1v) is 5.56. The van der Waals surface area contributed by atoms with Gasteiger partial charge < -0.3 is 0 Å². The van der Waals surface area contributed by atoms with Crippen LogP contribution in [0.25, 0.3) is 0 Å². The molecule has 1 atom stereocenters. The molecular weight excluding hydrogens is 202 g/mol. The molecule has 0 radical (unpaired) electrons. The first kappa shape index (κ1) is 9.58. The van der Waals surface area contributed by atoms with Crippen molar-refractivity contribution in [3.63, 3.8) is 0 Å². The van der Waals surface area contributed by atoms with E-state index in [1.807, 2.05) is 19.1 Å². The summed E-state index contributed by atoms with van der Waals surface area (Å²) < 4.78 is 0. The van der Waals surface area contributed by atoms with Crippen LogP contribution in [0.5, 0.6) is 0 Å². The Morgan fingerprint density at radius 2 is 2.12 bits per heavy atom. The van der Waals surface area contributed by atoms with Gasteiger partial charge in [-0.05, 0) is 30.9 Å². The van der Waals surface area contributed by atoms with Gasteiger partial charge in [0.1, 0.15) is 0 Å². The third kappa shape index (κ3) is 1.08. The standard InChI is InChI=1S/C13H13NO2/c1-8-2-3-10-9(6-8)4-5-13(10)7-11(15)14-12(13)16/h2-3,6H,4-5,7H2,1H3,(H,14,15,16). The molecule has 2 aliphatic rings. The van der Waals surface area contributed by atoms with Crippen LogP contribution in [0.15, 0.2) is 18.2 Å². The minimum absolute atomic E-state index is 0.111. The lowest BCUT2D eigenvalue weighted by molar-refractivity contribution is -0.126. The van der Waals surface area contributed by atoms with Crippen molar-refractivity contribution in [2.75, 3.05) is 0 Å². The molecule has 1 heterocycles. The number of imide groups is 1. The van der Waals surface area contributed by atoms with Gasteiger partial charge in [-0.2, -0.15) is 0 Å². The van der Waals surface area contributed by atoms with E-state index < -0.39 is 5.41 Å². The van der Waals surface area contributed by atoms with Crippen LogP contribution in [-0.2, 0) is 21.4 Å². The van der Waals surface area contributed by atoms with Gasteiger partial charge in [0.05, 0.1) is 5.41 Å². The molecule has 1 aliphatic heterocycles. The Hall–Kier alpha value is -1.64. The number of hydrogen-bond acceptors (Lipinski definition) is 2. The van der Waals surface area contributed by atoms with E-state index in [2.05, 4.69) is 11.4 Å². The van der Waals surface area contributed by atoms with Crippen molar-refractivity contribution < 1.29 is 9.59 Å². The number of hydrogen-bond donors (Lipinski definition) is 1. The number of fused-ring (bicyclic) bond motifs is 2. The summed E-state index contributed by atoms with van der Waals surface area (Å²) in [6, 6.07) is 6.15. The van der Waals surface area contributed by atoms with E-state index in [1.54, 1.807) is 0 Å². The van der Waals surface area contributed by atoms with Crippen molar-refractivity contribution in [2.45, 2.75) is 31.6 Å². The van der Waals surface area contributed by atoms with Gasteiger partial charge in [-0.15, -0.1) is 0 Å². The second-order valence-electron chi connectivity index (χ2n) is 4.80. The molecule has 1 N–H and O–H groups in total. The predicted molar refractivity (Wildman–Crippen MR) is 58.9 cm³/mol. The summed E-state index contributed by atoms with van der Waals surface area (Å²) in [7, 11) is 0. The van der Waals surface area contributed by atoms with Crippen LogP contribution in [0.2, 0.25) is 0 Å². The maximum atomic E-state index is 11.9. The topological polar surface area (TPSA) is 46.2 Å². The quantitative estimate of drug-likeness (QED) is 0.661. The molecule has 82 valence electrons. The van der Waals surface area contributed by atoms with Crippen LogP contribution in [0.4, 0.5) is 0 Å². The summed E-state index contributed by atoms with van der Waals surface area (Å²) in [5.74, 6) is -0.251. The van der Waals surface area contributed by atoms with Gasteiger partial charge >= 0.3 is 0 Å². The monoisotopic (exact) mass is 215 g/mol. The molecule has 0 saturated carbocycles. The molecule has 1 unspecified atom stereocenters. The fourth-order valence-corrected chi connectivity index (χ4v) is 2.94. The summed E-state index contributed by atoms with van der Waals surface area (Å²) >= 11 is 0. The van der Waals surface area contributed by atoms with Crippen LogP contribution >= 0.6 is 0 Å². The zero-order valence-corrected chi connectivity index (χ0v) is 9.17. The first-order valence-electron chi connectivity index (χ1n) is 5.56. The second-order valence-corrected chi connectivity index (χ2v) is 4.80. The number of amides is 2. The SMILES string of the molecule is Cc1ccc2c(c1)CCC21CC(=O)NC1=O. The van der Waals surface area contributed by atoms with E-state index in [0.29, 0.717) is 6.42 Å². The van der Waals surface area contributed by atoms with Crippen molar-refractivity contribution >= 4 is 11.8 Å². The van der Waals surface area contributed by atoms with Gasteiger partial charge in [-0.3, -0.25) is 14.9 Å². The fraction of sp³-hybridized carbons (Fsp3) is 0.385. The number of aryl methyl sites for hydroxylation is 2. The largest absolute Gasteiger partial charge is 0.296 e. The molecule has 1 aliphatic carbocycles. The van der Waals surface area contributed by atoms with E-state index in [9.17, 15) is 9.59 Å². The summed E-state index contributed by atoms with van der Waals surface area (Å²) in [6.45, 7) is 2.05. The Balaban J connectivity index is 2.15. The summed E-state index contributed by atoms with van der Waals surface area (Å²) in [5.41, 5.74) is 2.94. The van der Waals surface area contributed by atoms with Crippen molar-refractivity contribution in [2.24, 2.45) is 0 Å². The van der Waals surface area contributed by atoms with Crippen LogP contribution in [0, 0.1) is 6.92 Å². The summed E-state index contributed by atoms with van der Waals surface area (Å²) in [5, 5.41) is 2.43. The minimum Gasteiger partial charge on any atom is -0.296 e. The molecule has 2 amide bonds. The Labute approximate surface area is 93.8 Å². The maximum Gasteiger partial charge on any atom is 0.237 e. The summed E-state index contributed by atoms with van der Waals surface area (Å²) in [6.07, 6.45) is 1.99. The number of nitrogens with one attached hydrogen (secondary N) is 1. The molecule has 3 rings (SSSR count). The number of carbonyl (C=O) groups excluding carboxylic acids is 2. The van der Waals surface area contributed by atoms with Gasteiger partial charge in [0.15, 0.2) is 0 Å². The highest BCUT2D eigenvalue weighted by Gasteiger charge is 2.51. The van der Waals surface area contributed by atoms with Gasteiger partial charge in [-0.25, -0.2) is 0 Å². The van der Waals surface area contributed by atoms with E-state index in [-0.39, 0.29) is 11.8 Å². The average molecular weight is 215 g/mol. The molecular formula is C13H13NO2. The van der Waals surface area contributed by atoms with E-state index in [0.717, 1.165) is 18.4 Å². The zero-order valence-electron chi connectivity index (χ0n) is 9.17. The van der Waals surface area contributed by atoms with Crippen molar-refractivity contribution in [3.8, 4) is 0 Å². The minimum atomic E-state index is -0.555. The molecule has 0 bridgehead atoms. The highest BCUT2D eigenvalue weighted by molar-refractivity contribution is 6.09. The van der Waals surface area contributed by atoms with Crippen molar-refractivity contribution in [1.82, 2.24) is 5.32 Å². The smallest absolute Gasteiger partial charge is 0.237 e. The van der Waals surface area contributed by atoms with Gasteiger partial charge in [0.25, 0.3) is 0 Å². The Kier molecular flexibility index (Phi) is 1.76. The maximum absolute atomic E-state index is 11.9. The summed E-state index contributed by atoms with van der Waals surface area (Å²) in [4.78, 5) is 23.3. The Morgan fingerprint density at radius 3 is 2.81 bits per heavy atom. The number of rotatable bonds is 0. The third-order valence-electron chi connectivity index (χ3n) is 3.75. The normalized spacial score (nSPS) is 27.3. The lowest BCUT2D eigenvalue weighted by Gasteiger charge is -2.19. The van der Waals surface area contributed by atoms with Crippen LogP contribution in [-0.4, -0.2) is 11.8 Å². The highest BCUT2D eigenvalue weighted by Crippen LogP contribution is 2.44. The van der Waals surface area contributed by atoms with Gasteiger partial charge in [0.2, 0.25) is 11.8 Å². The lowest BCUT2D eigenvalue weighted by atomic mass is 9.80. The number of benzene rings is 1. The Morgan fingerprint density at radius 1 is 1.31 bits per heavy atom. The number of carbonyl (C=O) groups is 2. The van der Waals surface area contributed by atoms with Crippen LogP contribution in [0.1, 0.15) is 29.5 Å².